The molecule has 1 heterocycles. The predicted molar refractivity (Wildman–Crippen MR) is 108 cm³/mol. The molecule has 5 nitrogen and oxygen atoms in total. The Hall–Kier alpha value is -3.18. The number of aryl methyl sites for hydroxylation is 2. The van der Waals surface area contributed by atoms with Crippen molar-refractivity contribution in [3.05, 3.63) is 88.2 Å². The minimum atomic E-state index is -0.379. The molecule has 6 heteroatoms. The molecule has 0 bridgehead atoms. The lowest BCUT2D eigenvalue weighted by Crippen LogP contribution is -2.17. The summed E-state index contributed by atoms with van der Waals surface area (Å²) in [7, 11) is 0. The molecule has 2 aromatic carbocycles. The number of nitrogens with one attached hydrogen (secondary N) is 2. The summed E-state index contributed by atoms with van der Waals surface area (Å²) in [5.41, 5.74) is 3.97. The van der Waals surface area contributed by atoms with Gasteiger partial charge in [0.2, 0.25) is 0 Å². The third kappa shape index (κ3) is 4.71. The highest BCUT2D eigenvalue weighted by atomic mass is 35.5. The lowest BCUT2D eigenvalue weighted by atomic mass is 10.1. The molecule has 0 atom stereocenters. The Morgan fingerprint density at radius 2 is 1.59 bits per heavy atom. The van der Waals surface area contributed by atoms with Crippen LogP contribution >= 0.6 is 11.6 Å². The van der Waals surface area contributed by atoms with E-state index in [4.69, 9.17) is 11.6 Å². The van der Waals surface area contributed by atoms with Crippen molar-refractivity contribution in [2.45, 2.75) is 13.8 Å². The van der Waals surface area contributed by atoms with Crippen molar-refractivity contribution in [1.82, 2.24) is 4.98 Å². The molecule has 0 spiro atoms. The van der Waals surface area contributed by atoms with Crippen LogP contribution in [0.4, 0.5) is 11.4 Å². The van der Waals surface area contributed by atoms with Crippen molar-refractivity contribution in [3.63, 3.8) is 0 Å². The van der Waals surface area contributed by atoms with Gasteiger partial charge in [0.15, 0.2) is 0 Å². The highest BCUT2D eigenvalue weighted by molar-refractivity contribution is 6.31. The second-order valence-electron chi connectivity index (χ2n) is 6.15. The van der Waals surface area contributed by atoms with E-state index in [1.54, 1.807) is 30.3 Å². The van der Waals surface area contributed by atoms with Crippen LogP contribution in [0.5, 0.6) is 0 Å². The first kappa shape index (κ1) is 18.6. The van der Waals surface area contributed by atoms with Gasteiger partial charge in [-0.3, -0.25) is 14.6 Å². The number of anilines is 2. The number of halogens is 1. The Balaban J connectivity index is 1.75. The van der Waals surface area contributed by atoms with Crippen LogP contribution in [0.3, 0.4) is 0 Å². The van der Waals surface area contributed by atoms with Gasteiger partial charge < -0.3 is 10.6 Å². The highest BCUT2D eigenvalue weighted by Gasteiger charge is 2.13. The van der Waals surface area contributed by atoms with Crippen molar-refractivity contribution in [1.29, 1.82) is 0 Å². The zero-order valence-electron chi connectivity index (χ0n) is 14.9. The second kappa shape index (κ2) is 8.01. The van der Waals surface area contributed by atoms with Gasteiger partial charge in [0, 0.05) is 28.2 Å². The van der Waals surface area contributed by atoms with Gasteiger partial charge in [-0.05, 0) is 67.4 Å². The molecule has 2 N–H and O–H groups in total. The number of carbonyl (C=O) groups excluding carboxylic acids is 2. The average Bonchev–Trinajstić information content (AvgIpc) is 2.65. The number of rotatable bonds is 4. The van der Waals surface area contributed by atoms with Gasteiger partial charge in [0.05, 0.1) is 0 Å². The van der Waals surface area contributed by atoms with E-state index < -0.39 is 0 Å². The summed E-state index contributed by atoms with van der Waals surface area (Å²) >= 11 is 5.92. The minimum absolute atomic E-state index is 0.159. The predicted octanol–water partition coefficient (Wildman–Crippen LogP) is 4.86. The van der Waals surface area contributed by atoms with Crippen LogP contribution < -0.4 is 10.6 Å². The standard InChI is InChI=1S/C21H18ClN3O2/c1-13-6-7-18(10-14(13)2)25-21(27)19-11-15(8-9-23-19)20(26)24-17-5-3-4-16(22)12-17/h3-12H,1-2H3,(H,24,26)(H,25,27). The fourth-order valence-electron chi connectivity index (χ4n) is 2.48. The van der Waals surface area contributed by atoms with Crippen molar-refractivity contribution in [2.75, 3.05) is 10.6 Å². The number of benzene rings is 2. The Morgan fingerprint density at radius 1 is 0.852 bits per heavy atom. The van der Waals surface area contributed by atoms with Gasteiger partial charge in [-0.1, -0.05) is 23.7 Å². The van der Waals surface area contributed by atoms with Gasteiger partial charge in [-0.15, -0.1) is 0 Å². The maximum atomic E-state index is 12.5. The molecule has 2 amide bonds. The normalized spacial score (nSPS) is 10.3. The summed E-state index contributed by atoms with van der Waals surface area (Å²) in [6.07, 6.45) is 1.43. The largest absolute Gasteiger partial charge is 0.322 e. The molecule has 3 rings (SSSR count). The molecule has 0 unspecified atom stereocenters. The molecule has 0 fully saturated rings. The molecule has 3 aromatic rings. The molecule has 0 aliphatic heterocycles. The third-order valence-electron chi connectivity index (χ3n) is 4.10. The molecule has 0 aliphatic rings. The average molecular weight is 380 g/mol. The van der Waals surface area contributed by atoms with Crippen LogP contribution in [0, 0.1) is 13.8 Å². The molecule has 0 saturated heterocycles. The van der Waals surface area contributed by atoms with E-state index in [1.807, 2.05) is 32.0 Å². The van der Waals surface area contributed by atoms with E-state index in [9.17, 15) is 9.59 Å². The van der Waals surface area contributed by atoms with Gasteiger partial charge in [-0.2, -0.15) is 0 Å². The van der Waals surface area contributed by atoms with E-state index in [1.165, 1.54) is 12.3 Å². The highest BCUT2D eigenvalue weighted by Crippen LogP contribution is 2.17. The van der Waals surface area contributed by atoms with E-state index >= 15 is 0 Å². The van der Waals surface area contributed by atoms with Crippen molar-refractivity contribution < 1.29 is 9.59 Å². The first-order valence-electron chi connectivity index (χ1n) is 8.34. The Kier molecular flexibility index (Phi) is 5.52. The van der Waals surface area contributed by atoms with Gasteiger partial charge in [0.25, 0.3) is 11.8 Å². The summed E-state index contributed by atoms with van der Waals surface area (Å²) in [5, 5.41) is 6.07. The molecule has 0 saturated carbocycles. The van der Waals surface area contributed by atoms with Crippen LogP contribution in [-0.4, -0.2) is 16.8 Å². The van der Waals surface area contributed by atoms with Crippen LogP contribution in [0.15, 0.2) is 60.8 Å². The Morgan fingerprint density at radius 3 is 2.33 bits per heavy atom. The molecular formula is C21H18ClN3O2. The zero-order chi connectivity index (χ0) is 19.4. The van der Waals surface area contributed by atoms with E-state index in [2.05, 4.69) is 15.6 Å². The van der Waals surface area contributed by atoms with Gasteiger partial charge in [0.1, 0.15) is 5.69 Å². The summed E-state index contributed by atoms with van der Waals surface area (Å²) in [6, 6.07) is 15.5. The minimum Gasteiger partial charge on any atom is -0.322 e. The summed E-state index contributed by atoms with van der Waals surface area (Å²) in [4.78, 5) is 29.0. The Labute approximate surface area is 162 Å². The second-order valence-corrected chi connectivity index (χ2v) is 6.58. The van der Waals surface area contributed by atoms with Crippen molar-refractivity contribution >= 4 is 34.8 Å². The smallest absolute Gasteiger partial charge is 0.274 e. The quantitative estimate of drug-likeness (QED) is 0.680. The monoisotopic (exact) mass is 379 g/mol. The fraction of sp³-hybridized carbons (Fsp3) is 0.0952. The lowest BCUT2D eigenvalue weighted by molar-refractivity contribution is 0.102. The fourth-order valence-corrected chi connectivity index (χ4v) is 2.67. The van der Waals surface area contributed by atoms with Crippen molar-refractivity contribution in [3.8, 4) is 0 Å². The summed E-state index contributed by atoms with van der Waals surface area (Å²) < 4.78 is 0. The first-order chi connectivity index (χ1) is 12.9. The maximum Gasteiger partial charge on any atom is 0.274 e. The maximum absolute atomic E-state index is 12.5. The number of pyridine rings is 1. The molecule has 0 radical (unpaired) electrons. The molecule has 1 aromatic heterocycles. The SMILES string of the molecule is Cc1ccc(NC(=O)c2cc(C(=O)Nc3cccc(Cl)c3)ccn2)cc1C. The zero-order valence-corrected chi connectivity index (χ0v) is 15.7. The van der Waals surface area contributed by atoms with E-state index in [-0.39, 0.29) is 17.5 Å². The van der Waals surface area contributed by atoms with E-state index in [0.29, 0.717) is 22.0 Å². The van der Waals surface area contributed by atoms with Crippen LogP contribution in [0.2, 0.25) is 5.02 Å². The first-order valence-corrected chi connectivity index (χ1v) is 8.72. The lowest BCUT2D eigenvalue weighted by Gasteiger charge is -2.09. The number of hydrogen-bond donors (Lipinski definition) is 2. The third-order valence-corrected chi connectivity index (χ3v) is 4.34. The Bertz CT molecular complexity index is 1020. The summed E-state index contributed by atoms with van der Waals surface area (Å²) in [5.74, 6) is -0.726. The molecule has 27 heavy (non-hydrogen) atoms. The molecule has 136 valence electrons. The van der Waals surface area contributed by atoms with Crippen LogP contribution in [-0.2, 0) is 0 Å². The number of amides is 2. The summed E-state index contributed by atoms with van der Waals surface area (Å²) in [6.45, 7) is 3.98. The van der Waals surface area contributed by atoms with Crippen LogP contribution in [0.1, 0.15) is 32.0 Å². The number of nitrogens with zero attached hydrogens (tertiary/aromatic N) is 1. The van der Waals surface area contributed by atoms with E-state index in [0.717, 1.165) is 11.1 Å². The molecular weight excluding hydrogens is 362 g/mol. The van der Waals surface area contributed by atoms with Crippen LogP contribution in [0.25, 0.3) is 0 Å². The number of aromatic nitrogens is 1. The molecule has 0 aliphatic carbocycles. The number of hydrogen-bond acceptors (Lipinski definition) is 3. The van der Waals surface area contributed by atoms with Gasteiger partial charge in [-0.25, -0.2) is 0 Å². The van der Waals surface area contributed by atoms with Gasteiger partial charge >= 0.3 is 0 Å². The topological polar surface area (TPSA) is 71.1 Å². The van der Waals surface area contributed by atoms with Crippen molar-refractivity contribution in [2.24, 2.45) is 0 Å². The number of carbonyl (C=O) groups is 2.